The molecule has 4 atom stereocenters. The average molecular weight is 529 g/mol. The Morgan fingerprint density at radius 3 is 1.03 bits per heavy atom. The lowest BCUT2D eigenvalue weighted by atomic mass is 9.83. The maximum atomic E-state index is 13.0. The first kappa shape index (κ1) is 30.6. The molecule has 2 aliphatic rings. The largest absolute Gasteiger partial charge is 0.459 e. The zero-order valence-electron chi connectivity index (χ0n) is 25.4. The number of carbonyl (C=O) groups is 2. The van der Waals surface area contributed by atoms with Gasteiger partial charge in [-0.25, -0.2) is 9.59 Å². The van der Waals surface area contributed by atoms with Crippen molar-refractivity contribution in [1.29, 1.82) is 0 Å². The standard InChI is InChI=1S/C32H52N2O4/c1-19(2)27-15-25(16-28(20(3)4)33(27)9)37-31(35)23-11-13-24(14-12-23)32(36)38-26-17-29(21(5)6)34(10)30(18-26)22(7)8/h11-14,19-22,25-30H,15-18H2,1-10H3. The molecule has 0 saturated carbocycles. The molecule has 1 aromatic rings. The van der Waals surface area contributed by atoms with Crippen LogP contribution in [0.15, 0.2) is 24.3 Å². The van der Waals surface area contributed by atoms with Crippen molar-refractivity contribution in [1.82, 2.24) is 9.80 Å². The van der Waals surface area contributed by atoms with Crippen molar-refractivity contribution in [3.05, 3.63) is 35.4 Å². The molecule has 214 valence electrons. The summed E-state index contributed by atoms with van der Waals surface area (Å²) < 4.78 is 12.0. The number of piperidine rings is 2. The molecule has 0 bridgehead atoms. The molecule has 38 heavy (non-hydrogen) atoms. The van der Waals surface area contributed by atoms with E-state index in [4.69, 9.17) is 9.47 Å². The third kappa shape index (κ3) is 7.18. The lowest BCUT2D eigenvalue weighted by molar-refractivity contribution is -0.0363. The smallest absolute Gasteiger partial charge is 0.338 e. The molecular formula is C32H52N2O4. The van der Waals surface area contributed by atoms with Gasteiger partial charge < -0.3 is 9.47 Å². The van der Waals surface area contributed by atoms with Crippen LogP contribution in [0.25, 0.3) is 0 Å². The molecule has 6 nitrogen and oxygen atoms in total. The van der Waals surface area contributed by atoms with E-state index in [-0.39, 0.29) is 24.1 Å². The molecule has 0 N–H and O–H groups in total. The summed E-state index contributed by atoms with van der Waals surface area (Å²) >= 11 is 0. The second-order valence-corrected chi connectivity index (χ2v) is 13.2. The summed E-state index contributed by atoms with van der Waals surface area (Å²) in [5, 5.41) is 0. The summed E-state index contributed by atoms with van der Waals surface area (Å²) in [6.45, 7) is 17.9. The van der Waals surface area contributed by atoms with Crippen LogP contribution in [0, 0.1) is 23.7 Å². The van der Waals surface area contributed by atoms with Gasteiger partial charge in [0.05, 0.1) is 11.1 Å². The van der Waals surface area contributed by atoms with Gasteiger partial charge in [-0.3, -0.25) is 9.80 Å². The first-order valence-electron chi connectivity index (χ1n) is 14.8. The van der Waals surface area contributed by atoms with E-state index in [1.54, 1.807) is 24.3 Å². The van der Waals surface area contributed by atoms with Crippen molar-refractivity contribution in [3.63, 3.8) is 0 Å². The highest BCUT2D eigenvalue weighted by atomic mass is 16.5. The Labute approximate surface area is 231 Å². The number of rotatable bonds is 8. The van der Waals surface area contributed by atoms with Gasteiger partial charge in [-0.1, -0.05) is 55.4 Å². The molecule has 0 aromatic heterocycles. The summed E-state index contributed by atoms with van der Waals surface area (Å²) in [6.07, 6.45) is 3.18. The maximum absolute atomic E-state index is 13.0. The van der Waals surface area contributed by atoms with Crippen LogP contribution < -0.4 is 0 Å². The first-order valence-corrected chi connectivity index (χ1v) is 14.8. The lowest BCUT2D eigenvalue weighted by Crippen LogP contribution is -2.53. The van der Waals surface area contributed by atoms with Crippen LogP contribution in [0.4, 0.5) is 0 Å². The van der Waals surface area contributed by atoms with Gasteiger partial charge in [-0.2, -0.15) is 0 Å². The highest BCUT2D eigenvalue weighted by Crippen LogP contribution is 2.33. The summed E-state index contributed by atoms with van der Waals surface area (Å²) in [6, 6.07) is 8.30. The molecule has 2 saturated heterocycles. The highest BCUT2D eigenvalue weighted by Gasteiger charge is 2.39. The number of hydrogen-bond acceptors (Lipinski definition) is 6. The van der Waals surface area contributed by atoms with Crippen LogP contribution in [0.3, 0.4) is 0 Å². The quantitative estimate of drug-likeness (QED) is 0.370. The molecule has 3 rings (SSSR count). The van der Waals surface area contributed by atoms with Gasteiger partial charge in [0.25, 0.3) is 0 Å². The minimum absolute atomic E-state index is 0.101. The number of benzene rings is 1. The third-order valence-corrected chi connectivity index (χ3v) is 9.09. The topological polar surface area (TPSA) is 59.1 Å². The van der Waals surface area contributed by atoms with E-state index in [2.05, 4.69) is 79.3 Å². The lowest BCUT2D eigenvalue weighted by Gasteiger charge is -2.46. The molecule has 0 spiro atoms. The Bertz CT molecular complexity index is 815. The second-order valence-electron chi connectivity index (χ2n) is 13.2. The van der Waals surface area contributed by atoms with E-state index < -0.39 is 0 Å². The van der Waals surface area contributed by atoms with E-state index in [1.165, 1.54) is 0 Å². The van der Waals surface area contributed by atoms with Gasteiger partial charge in [0.1, 0.15) is 12.2 Å². The van der Waals surface area contributed by atoms with Crippen LogP contribution in [0.2, 0.25) is 0 Å². The van der Waals surface area contributed by atoms with Gasteiger partial charge >= 0.3 is 11.9 Å². The summed E-state index contributed by atoms with van der Waals surface area (Å²) in [5.74, 6) is 1.32. The molecule has 1 aromatic carbocycles. The van der Waals surface area contributed by atoms with Gasteiger partial charge in [-0.05, 0) is 62.0 Å². The minimum Gasteiger partial charge on any atom is -0.459 e. The van der Waals surface area contributed by atoms with Gasteiger partial charge in [0.2, 0.25) is 0 Å². The fourth-order valence-corrected chi connectivity index (χ4v) is 6.77. The molecule has 2 fully saturated rings. The normalized spacial score (nSPS) is 29.3. The van der Waals surface area contributed by atoms with Gasteiger partial charge in [0, 0.05) is 49.9 Å². The Morgan fingerprint density at radius 2 is 0.816 bits per heavy atom. The molecule has 6 heteroatoms. The second kappa shape index (κ2) is 13.0. The predicted octanol–water partition coefficient (Wildman–Crippen LogP) is 6.29. The van der Waals surface area contributed by atoms with Crippen molar-refractivity contribution in [3.8, 4) is 0 Å². The van der Waals surface area contributed by atoms with Crippen LogP contribution in [0.5, 0.6) is 0 Å². The monoisotopic (exact) mass is 528 g/mol. The summed E-state index contributed by atoms with van der Waals surface area (Å²) in [7, 11) is 4.39. The van der Waals surface area contributed by atoms with Crippen molar-refractivity contribution < 1.29 is 19.1 Å². The summed E-state index contributed by atoms with van der Waals surface area (Å²) in [4.78, 5) is 31.0. The Morgan fingerprint density at radius 1 is 0.579 bits per heavy atom. The molecular weight excluding hydrogens is 476 g/mol. The molecule has 4 unspecified atom stereocenters. The zero-order valence-corrected chi connectivity index (χ0v) is 25.4. The van der Waals surface area contributed by atoms with Crippen molar-refractivity contribution in [2.75, 3.05) is 14.1 Å². The zero-order chi connectivity index (χ0) is 28.3. The number of ether oxygens (including phenoxy) is 2. The molecule has 0 aliphatic carbocycles. The molecule has 0 radical (unpaired) electrons. The van der Waals surface area contributed by atoms with E-state index >= 15 is 0 Å². The Balaban J connectivity index is 1.63. The Kier molecular flexibility index (Phi) is 10.4. The fourth-order valence-electron chi connectivity index (χ4n) is 6.77. The average Bonchev–Trinajstić information content (AvgIpc) is 2.85. The minimum atomic E-state index is -0.320. The number of carbonyl (C=O) groups excluding carboxylic acids is 2. The number of nitrogens with zero attached hydrogens (tertiary/aromatic N) is 2. The van der Waals surface area contributed by atoms with Gasteiger partial charge in [-0.15, -0.1) is 0 Å². The molecule has 2 aliphatic heterocycles. The van der Waals surface area contributed by atoms with Crippen LogP contribution in [0.1, 0.15) is 102 Å². The number of hydrogen-bond donors (Lipinski definition) is 0. The predicted molar refractivity (Wildman–Crippen MR) is 153 cm³/mol. The number of esters is 2. The van der Waals surface area contributed by atoms with E-state index in [0.717, 1.165) is 25.7 Å². The van der Waals surface area contributed by atoms with Crippen molar-refractivity contribution in [2.24, 2.45) is 23.7 Å². The highest BCUT2D eigenvalue weighted by molar-refractivity contribution is 5.93. The van der Waals surface area contributed by atoms with E-state index in [0.29, 0.717) is 59.0 Å². The number of likely N-dealkylation sites (tertiary alicyclic amines) is 2. The van der Waals surface area contributed by atoms with E-state index in [1.807, 2.05) is 0 Å². The Hall–Kier alpha value is -1.92. The van der Waals surface area contributed by atoms with Crippen molar-refractivity contribution in [2.45, 2.75) is 117 Å². The van der Waals surface area contributed by atoms with E-state index in [9.17, 15) is 9.59 Å². The van der Waals surface area contributed by atoms with Crippen LogP contribution >= 0.6 is 0 Å². The SMILES string of the molecule is CC(C)C1CC(OC(=O)c2ccc(C(=O)OC3CC(C(C)C)N(C)C(C(C)C)C3)cc2)CC(C(C)C)N1C. The third-order valence-electron chi connectivity index (χ3n) is 9.09. The first-order chi connectivity index (χ1) is 17.8. The van der Waals surface area contributed by atoms with Crippen LogP contribution in [-0.2, 0) is 9.47 Å². The van der Waals surface area contributed by atoms with Gasteiger partial charge in [0.15, 0.2) is 0 Å². The molecule has 2 heterocycles. The van der Waals surface area contributed by atoms with Crippen LogP contribution in [-0.4, -0.2) is 72.2 Å². The fraction of sp³-hybridized carbons (Fsp3) is 0.750. The molecule has 0 amide bonds. The maximum Gasteiger partial charge on any atom is 0.338 e. The summed E-state index contributed by atoms with van der Waals surface area (Å²) in [5.41, 5.74) is 0.948. The van der Waals surface area contributed by atoms with Crippen molar-refractivity contribution >= 4 is 11.9 Å².